The largest absolute Gasteiger partial charge is 0.332 e. The van der Waals surface area contributed by atoms with Crippen LogP contribution in [0.3, 0.4) is 0 Å². The summed E-state index contributed by atoms with van der Waals surface area (Å²) in [5.74, 6) is -2.44. The lowest BCUT2D eigenvalue weighted by Crippen LogP contribution is -2.42. The highest BCUT2D eigenvalue weighted by atomic mass is 32.2. The van der Waals surface area contributed by atoms with E-state index in [4.69, 9.17) is 0 Å². The van der Waals surface area contributed by atoms with Crippen molar-refractivity contribution in [2.45, 2.75) is 45.4 Å². The van der Waals surface area contributed by atoms with Gasteiger partial charge in [-0.25, -0.2) is 17.9 Å². The molecular weight excluding hydrogens is 370 g/mol. The van der Waals surface area contributed by atoms with Crippen LogP contribution < -0.4 is 10.0 Å². The lowest BCUT2D eigenvalue weighted by molar-refractivity contribution is -0.140. The van der Waals surface area contributed by atoms with Gasteiger partial charge in [0.2, 0.25) is 21.8 Å². The molecule has 9 heteroatoms. The average molecular weight is 393 g/mol. The molecule has 0 aliphatic heterocycles. The molecule has 0 bridgehead atoms. The highest BCUT2D eigenvalue weighted by Gasteiger charge is 2.27. The third kappa shape index (κ3) is 4.13. The number of sulfonamides is 1. The van der Waals surface area contributed by atoms with Crippen molar-refractivity contribution in [1.29, 1.82) is 0 Å². The van der Waals surface area contributed by atoms with Crippen LogP contribution in [0.4, 0.5) is 10.5 Å². The number of carbonyl (C=O) groups excluding carboxylic acids is 3. The maximum atomic E-state index is 12.3. The van der Waals surface area contributed by atoms with Crippen LogP contribution in [-0.4, -0.2) is 44.0 Å². The second-order valence-corrected chi connectivity index (χ2v) is 8.74. The standard InChI is InChI=1S/C18H23N3O5S/c1-11(22)21(2)16(23)10-27(25,26)20-18(24)19-17-14-7-3-5-12(14)9-13-6-4-8-15(13)17/h9H,3-8,10H2,1-2H3,(H2,19,20,24). The Morgan fingerprint density at radius 3 is 2.11 bits per heavy atom. The number of imide groups is 1. The number of anilines is 1. The van der Waals surface area contributed by atoms with Crippen molar-refractivity contribution in [3.05, 3.63) is 28.3 Å². The van der Waals surface area contributed by atoms with Gasteiger partial charge in [-0.3, -0.25) is 14.5 Å². The first-order valence-electron chi connectivity index (χ1n) is 8.93. The number of amides is 4. The molecule has 0 heterocycles. The Morgan fingerprint density at radius 1 is 1.04 bits per heavy atom. The number of benzene rings is 1. The molecule has 146 valence electrons. The van der Waals surface area contributed by atoms with Crippen LogP contribution in [0.5, 0.6) is 0 Å². The molecule has 0 saturated carbocycles. The van der Waals surface area contributed by atoms with E-state index >= 15 is 0 Å². The fourth-order valence-electron chi connectivity index (χ4n) is 3.72. The highest BCUT2D eigenvalue weighted by molar-refractivity contribution is 7.90. The molecule has 0 spiro atoms. The fraction of sp³-hybridized carbons (Fsp3) is 0.500. The number of hydrogen-bond acceptors (Lipinski definition) is 5. The summed E-state index contributed by atoms with van der Waals surface area (Å²) in [5.41, 5.74) is 5.31. The van der Waals surface area contributed by atoms with Gasteiger partial charge in [0, 0.05) is 19.7 Å². The topological polar surface area (TPSA) is 113 Å². The van der Waals surface area contributed by atoms with Gasteiger partial charge in [0.15, 0.2) is 0 Å². The van der Waals surface area contributed by atoms with Crippen LogP contribution in [0.1, 0.15) is 42.0 Å². The van der Waals surface area contributed by atoms with Gasteiger partial charge in [-0.2, -0.15) is 0 Å². The summed E-state index contributed by atoms with van der Waals surface area (Å²) in [4.78, 5) is 36.0. The summed E-state index contributed by atoms with van der Waals surface area (Å²) in [6, 6.07) is 1.32. The molecular formula is C18H23N3O5S. The molecule has 0 aromatic heterocycles. The predicted octanol–water partition coefficient (Wildman–Crippen LogP) is 1.12. The summed E-state index contributed by atoms with van der Waals surface area (Å²) in [6.07, 6.45) is 5.66. The monoisotopic (exact) mass is 393 g/mol. The predicted molar refractivity (Wildman–Crippen MR) is 99.9 cm³/mol. The van der Waals surface area contributed by atoms with Crippen molar-refractivity contribution in [1.82, 2.24) is 9.62 Å². The van der Waals surface area contributed by atoms with Crippen molar-refractivity contribution in [3.63, 3.8) is 0 Å². The number of hydrogen-bond donors (Lipinski definition) is 2. The zero-order valence-electron chi connectivity index (χ0n) is 15.4. The van der Waals surface area contributed by atoms with Crippen LogP contribution in [0, 0.1) is 0 Å². The molecule has 1 aromatic rings. The molecule has 27 heavy (non-hydrogen) atoms. The minimum atomic E-state index is -4.21. The maximum absolute atomic E-state index is 12.3. The number of aryl methyl sites for hydroxylation is 2. The van der Waals surface area contributed by atoms with Gasteiger partial charge in [0.25, 0.3) is 0 Å². The molecule has 2 aliphatic rings. The normalized spacial score (nSPS) is 15.0. The number of rotatable bonds is 4. The summed E-state index contributed by atoms with van der Waals surface area (Å²) in [5, 5.41) is 2.70. The van der Waals surface area contributed by atoms with Crippen molar-refractivity contribution in [2.75, 3.05) is 18.1 Å². The Hall–Kier alpha value is -2.42. The molecule has 2 aliphatic carbocycles. The summed E-state index contributed by atoms with van der Waals surface area (Å²) in [7, 11) is -3.02. The van der Waals surface area contributed by atoms with E-state index in [-0.39, 0.29) is 0 Å². The van der Waals surface area contributed by atoms with E-state index in [1.54, 1.807) is 0 Å². The third-order valence-corrected chi connectivity index (χ3v) is 6.24. The second kappa shape index (κ2) is 7.30. The van der Waals surface area contributed by atoms with Crippen LogP contribution in [0.2, 0.25) is 0 Å². The Kier molecular flexibility index (Phi) is 5.23. The SMILES string of the molecule is CC(=O)N(C)C(=O)CS(=O)(=O)NC(=O)Nc1c2c(cc3c1CCC3)CCC2. The number of urea groups is 1. The molecule has 0 atom stereocenters. The zero-order chi connectivity index (χ0) is 19.8. The highest BCUT2D eigenvalue weighted by Crippen LogP contribution is 2.38. The van der Waals surface area contributed by atoms with Crippen molar-refractivity contribution < 1.29 is 22.8 Å². The van der Waals surface area contributed by atoms with Crippen LogP contribution in [0.25, 0.3) is 0 Å². The van der Waals surface area contributed by atoms with Gasteiger partial charge in [-0.05, 0) is 60.8 Å². The molecule has 0 saturated heterocycles. The maximum Gasteiger partial charge on any atom is 0.332 e. The number of nitrogens with zero attached hydrogens (tertiary/aromatic N) is 1. The molecule has 8 nitrogen and oxygen atoms in total. The van der Waals surface area contributed by atoms with E-state index in [1.165, 1.54) is 18.2 Å². The van der Waals surface area contributed by atoms with Gasteiger partial charge < -0.3 is 5.32 Å². The van der Waals surface area contributed by atoms with Gasteiger partial charge in [-0.15, -0.1) is 0 Å². The minimum absolute atomic E-state index is 0.574. The summed E-state index contributed by atoms with van der Waals surface area (Å²) < 4.78 is 26.1. The van der Waals surface area contributed by atoms with Gasteiger partial charge in [-0.1, -0.05) is 6.07 Å². The van der Waals surface area contributed by atoms with Crippen molar-refractivity contribution in [3.8, 4) is 0 Å². The lowest BCUT2D eigenvalue weighted by atomic mass is 9.99. The molecule has 0 fully saturated rings. The van der Waals surface area contributed by atoms with Crippen molar-refractivity contribution in [2.24, 2.45) is 0 Å². The van der Waals surface area contributed by atoms with E-state index in [1.807, 2.05) is 4.72 Å². The third-order valence-electron chi connectivity index (χ3n) is 5.12. The van der Waals surface area contributed by atoms with E-state index in [9.17, 15) is 22.8 Å². The summed E-state index contributed by atoms with van der Waals surface area (Å²) in [6.45, 7) is 1.15. The second-order valence-electron chi connectivity index (χ2n) is 7.02. The molecule has 0 radical (unpaired) electrons. The smallest absolute Gasteiger partial charge is 0.307 e. The average Bonchev–Trinajstić information content (AvgIpc) is 3.21. The fourth-order valence-corrected chi connectivity index (χ4v) is 4.64. The lowest BCUT2D eigenvalue weighted by Gasteiger charge is -2.17. The van der Waals surface area contributed by atoms with E-state index in [0.29, 0.717) is 4.90 Å². The number of nitrogens with one attached hydrogen (secondary N) is 2. The molecule has 0 unspecified atom stereocenters. The van der Waals surface area contributed by atoms with Gasteiger partial charge in [0.05, 0.1) is 0 Å². The Morgan fingerprint density at radius 2 is 1.59 bits per heavy atom. The van der Waals surface area contributed by atoms with E-state index < -0.39 is 33.6 Å². The van der Waals surface area contributed by atoms with Crippen molar-refractivity contribution >= 4 is 33.6 Å². The quantitative estimate of drug-likeness (QED) is 0.796. The first-order valence-corrected chi connectivity index (χ1v) is 10.6. The van der Waals surface area contributed by atoms with Crippen LogP contribution in [0.15, 0.2) is 6.07 Å². The summed E-state index contributed by atoms with van der Waals surface area (Å²) >= 11 is 0. The molecule has 1 aromatic carbocycles. The molecule has 2 N–H and O–H groups in total. The number of carbonyl (C=O) groups is 3. The van der Waals surface area contributed by atoms with E-state index in [2.05, 4.69) is 11.4 Å². The number of fused-ring (bicyclic) bond motifs is 2. The van der Waals surface area contributed by atoms with Gasteiger partial charge >= 0.3 is 6.03 Å². The Labute approximate surface area is 158 Å². The molecule has 3 rings (SSSR count). The minimum Gasteiger partial charge on any atom is -0.307 e. The van der Waals surface area contributed by atoms with Crippen LogP contribution >= 0.6 is 0 Å². The Balaban J connectivity index is 1.74. The zero-order valence-corrected chi connectivity index (χ0v) is 16.2. The first-order chi connectivity index (χ1) is 12.7. The van der Waals surface area contributed by atoms with Gasteiger partial charge in [0.1, 0.15) is 5.75 Å². The van der Waals surface area contributed by atoms with E-state index in [0.717, 1.165) is 62.3 Å². The van der Waals surface area contributed by atoms with Crippen LogP contribution in [-0.2, 0) is 45.3 Å². The first kappa shape index (κ1) is 19.3. The molecule has 4 amide bonds. The Bertz CT molecular complexity index is 891.